The molecule has 0 aliphatic heterocycles. The van der Waals surface area contributed by atoms with Crippen LogP contribution in [0.4, 0.5) is 4.39 Å². The molecular weight excluding hydrogens is 239 g/mol. The second-order valence-corrected chi connectivity index (χ2v) is 4.19. The molecule has 0 aliphatic carbocycles. The van der Waals surface area contributed by atoms with Crippen LogP contribution in [0.3, 0.4) is 0 Å². The van der Waals surface area contributed by atoms with E-state index in [1.807, 2.05) is 13.8 Å². The lowest BCUT2D eigenvalue weighted by atomic mass is 10.1. The number of rotatable bonds is 2. The summed E-state index contributed by atoms with van der Waals surface area (Å²) in [5.74, 6) is 0.384. The zero-order valence-corrected chi connectivity index (χ0v) is 10.4. The van der Waals surface area contributed by atoms with E-state index in [0.29, 0.717) is 23.1 Å². The van der Waals surface area contributed by atoms with Gasteiger partial charge in [-0.1, -0.05) is 24.6 Å². The van der Waals surface area contributed by atoms with Crippen LogP contribution in [0.2, 0.25) is 5.15 Å². The van der Waals surface area contributed by atoms with Crippen LogP contribution in [0.25, 0.3) is 11.3 Å². The van der Waals surface area contributed by atoms with Crippen LogP contribution in [-0.2, 0) is 6.42 Å². The molecule has 0 aliphatic rings. The van der Waals surface area contributed by atoms with Crippen molar-refractivity contribution in [3.8, 4) is 11.3 Å². The van der Waals surface area contributed by atoms with E-state index in [1.54, 1.807) is 12.1 Å². The first-order chi connectivity index (χ1) is 8.10. The zero-order valence-electron chi connectivity index (χ0n) is 9.67. The Labute approximate surface area is 104 Å². The van der Waals surface area contributed by atoms with Crippen LogP contribution in [0.1, 0.15) is 18.3 Å². The van der Waals surface area contributed by atoms with Crippen molar-refractivity contribution in [1.82, 2.24) is 9.97 Å². The Hall–Kier alpha value is -1.48. The second kappa shape index (κ2) is 4.80. The SMILES string of the molecule is CCc1nc(Cl)cc(-c2cc(F)ccc2C)n1. The Morgan fingerprint density at radius 2 is 2.00 bits per heavy atom. The normalized spacial score (nSPS) is 10.6. The fraction of sp³-hybridized carbons (Fsp3) is 0.231. The van der Waals surface area contributed by atoms with Gasteiger partial charge in [-0.05, 0) is 24.6 Å². The van der Waals surface area contributed by atoms with Gasteiger partial charge in [-0.25, -0.2) is 14.4 Å². The van der Waals surface area contributed by atoms with Crippen molar-refractivity contribution < 1.29 is 4.39 Å². The van der Waals surface area contributed by atoms with Crippen molar-refractivity contribution >= 4 is 11.6 Å². The Morgan fingerprint density at radius 1 is 1.24 bits per heavy atom. The highest BCUT2D eigenvalue weighted by atomic mass is 35.5. The summed E-state index contributed by atoms with van der Waals surface area (Å²) in [5, 5.41) is 0.385. The molecule has 0 fully saturated rings. The molecule has 0 spiro atoms. The lowest BCUT2D eigenvalue weighted by Gasteiger charge is -2.07. The highest BCUT2D eigenvalue weighted by molar-refractivity contribution is 6.29. The number of aryl methyl sites for hydroxylation is 2. The lowest BCUT2D eigenvalue weighted by molar-refractivity contribution is 0.628. The van der Waals surface area contributed by atoms with Crippen molar-refractivity contribution in [2.75, 3.05) is 0 Å². The molecule has 1 aromatic heterocycles. The monoisotopic (exact) mass is 250 g/mol. The first-order valence-electron chi connectivity index (χ1n) is 5.40. The van der Waals surface area contributed by atoms with Crippen molar-refractivity contribution in [3.05, 3.63) is 46.6 Å². The van der Waals surface area contributed by atoms with Crippen LogP contribution >= 0.6 is 11.6 Å². The molecule has 2 nitrogen and oxygen atoms in total. The summed E-state index contributed by atoms with van der Waals surface area (Å²) in [5.41, 5.74) is 2.38. The molecule has 0 atom stereocenters. The number of hydrogen-bond acceptors (Lipinski definition) is 2. The molecule has 0 N–H and O–H groups in total. The molecule has 0 radical (unpaired) electrons. The maximum absolute atomic E-state index is 13.2. The van der Waals surface area contributed by atoms with E-state index in [4.69, 9.17) is 11.6 Å². The van der Waals surface area contributed by atoms with Gasteiger partial charge in [0.2, 0.25) is 0 Å². The number of hydrogen-bond donors (Lipinski definition) is 0. The summed E-state index contributed by atoms with van der Waals surface area (Å²) in [4.78, 5) is 8.45. The standard InChI is InChI=1S/C13H12ClFN2/c1-3-13-16-11(7-12(14)17-13)10-6-9(15)5-4-8(10)2/h4-7H,3H2,1-2H3. The molecule has 1 heterocycles. The molecule has 0 saturated carbocycles. The molecule has 0 bridgehead atoms. The van der Waals surface area contributed by atoms with E-state index >= 15 is 0 Å². The maximum Gasteiger partial charge on any atom is 0.133 e. The van der Waals surface area contributed by atoms with Gasteiger partial charge in [-0.15, -0.1) is 0 Å². The molecule has 2 aromatic rings. The average Bonchev–Trinajstić information content (AvgIpc) is 2.31. The fourth-order valence-electron chi connectivity index (χ4n) is 1.63. The summed E-state index contributed by atoms with van der Waals surface area (Å²) in [6.45, 7) is 3.87. The summed E-state index contributed by atoms with van der Waals surface area (Å²) in [6, 6.07) is 6.28. The molecule has 0 amide bonds. The van der Waals surface area contributed by atoms with Crippen molar-refractivity contribution in [2.45, 2.75) is 20.3 Å². The molecule has 17 heavy (non-hydrogen) atoms. The van der Waals surface area contributed by atoms with E-state index in [1.165, 1.54) is 12.1 Å². The minimum absolute atomic E-state index is 0.279. The van der Waals surface area contributed by atoms with Crippen LogP contribution in [-0.4, -0.2) is 9.97 Å². The largest absolute Gasteiger partial charge is 0.233 e. The zero-order chi connectivity index (χ0) is 12.4. The minimum atomic E-state index is -0.279. The van der Waals surface area contributed by atoms with E-state index in [2.05, 4.69) is 9.97 Å². The number of halogens is 2. The Morgan fingerprint density at radius 3 is 2.71 bits per heavy atom. The third kappa shape index (κ3) is 2.61. The van der Waals surface area contributed by atoms with Crippen molar-refractivity contribution in [3.63, 3.8) is 0 Å². The van der Waals surface area contributed by atoms with Gasteiger partial charge < -0.3 is 0 Å². The van der Waals surface area contributed by atoms with E-state index < -0.39 is 0 Å². The second-order valence-electron chi connectivity index (χ2n) is 3.80. The van der Waals surface area contributed by atoms with Gasteiger partial charge in [-0.3, -0.25) is 0 Å². The van der Waals surface area contributed by atoms with E-state index in [-0.39, 0.29) is 5.82 Å². The third-order valence-corrected chi connectivity index (χ3v) is 2.73. The van der Waals surface area contributed by atoms with Gasteiger partial charge in [0.15, 0.2) is 0 Å². The van der Waals surface area contributed by atoms with Gasteiger partial charge in [0.05, 0.1) is 5.69 Å². The summed E-state index contributed by atoms with van der Waals surface area (Å²) >= 11 is 5.93. The lowest BCUT2D eigenvalue weighted by Crippen LogP contribution is -1.97. The fourth-order valence-corrected chi connectivity index (χ4v) is 1.83. The molecule has 0 saturated heterocycles. The molecule has 2 rings (SSSR count). The molecular formula is C13H12ClFN2. The van der Waals surface area contributed by atoms with Crippen LogP contribution < -0.4 is 0 Å². The summed E-state index contributed by atoms with van der Waals surface area (Å²) in [6.07, 6.45) is 0.696. The number of nitrogens with zero attached hydrogens (tertiary/aromatic N) is 2. The Kier molecular flexibility index (Phi) is 3.38. The topological polar surface area (TPSA) is 25.8 Å². The van der Waals surface area contributed by atoms with Gasteiger partial charge in [0.1, 0.15) is 16.8 Å². The van der Waals surface area contributed by atoms with Crippen LogP contribution in [0, 0.1) is 12.7 Å². The average molecular weight is 251 g/mol. The van der Waals surface area contributed by atoms with Crippen LogP contribution in [0.15, 0.2) is 24.3 Å². The predicted molar refractivity (Wildman–Crippen MR) is 66.6 cm³/mol. The van der Waals surface area contributed by atoms with E-state index in [9.17, 15) is 4.39 Å². The predicted octanol–water partition coefficient (Wildman–Crippen LogP) is 3.81. The Bertz CT molecular complexity index is 555. The van der Waals surface area contributed by atoms with Crippen molar-refractivity contribution in [2.24, 2.45) is 0 Å². The Balaban J connectivity index is 2.59. The number of benzene rings is 1. The van der Waals surface area contributed by atoms with Gasteiger partial charge >= 0.3 is 0 Å². The number of aromatic nitrogens is 2. The molecule has 88 valence electrons. The van der Waals surface area contributed by atoms with E-state index in [0.717, 1.165) is 11.1 Å². The maximum atomic E-state index is 13.2. The smallest absolute Gasteiger partial charge is 0.133 e. The van der Waals surface area contributed by atoms with Gasteiger partial charge in [0, 0.05) is 18.1 Å². The molecule has 0 unspecified atom stereocenters. The summed E-state index contributed by atoms with van der Waals surface area (Å²) < 4.78 is 13.2. The van der Waals surface area contributed by atoms with Crippen LogP contribution in [0.5, 0.6) is 0 Å². The molecule has 4 heteroatoms. The third-order valence-electron chi connectivity index (χ3n) is 2.53. The van der Waals surface area contributed by atoms with Crippen molar-refractivity contribution in [1.29, 1.82) is 0 Å². The van der Waals surface area contributed by atoms with Gasteiger partial charge in [0.25, 0.3) is 0 Å². The minimum Gasteiger partial charge on any atom is -0.233 e. The van der Waals surface area contributed by atoms with Gasteiger partial charge in [-0.2, -0.15) is 0 Å². The molecule has 1 aromatic carbocycles. The quantitative estimate of drug-likeness (QED) is 0.758. The first kappa shape index (κ1) is 12.0. The highest BCUT2D eigenvalue weighted by Crippen LogP contribution is 2.24. The first-order valence-corrected chi connectivity index (χ1v) is 5.78. The highest BCUT2D eigenvalue weighted by Gasteiger charge is 2.08. The summed E-state index contributed by atoms with van der Waals surface area (Å²) in [7, 11) is 0.